The molecule has 1 aliphatic rings. The molecule has 5 rings (SSSR count). The lowest BCUT2D eigenvalue weighted by Crippen LogP contribution is -2.40. The Morgan fingerprint density at radius 1 is 1.07 bits per heavy atom. The van der Waals surface area contributed by atoms with Crippen molar-refractivity contribution in [3.63, 3.8) is 0 Å². The summed E-state index contributed by atoms with van der Waals surface area (Å²) in [6, 6.07) is 15.3. The van der Waals surface area contributed by atoms with Crippen LogP contribution in [0.2, 0.25) is 0 Å². The molecule has 2 aromatic heterocycles. The van der Waals surface area contributed by atoms with Gasteiger partial charge in [-0.2, -0.15) is 0 Å². The quantitative estimate of drug-likeness (QED) is 0.511. The van der Waals surface area contributed by atoms with Crippen molar-refractivity contribution < 1.29 is 4.39 Å². The number of nitrogens with zero attached hydrogens (tertiary/aromatic N) is 4. The highest BCUT2D eigenvalue weighted by atomic mass is 19.1. The fraction of sp³-hybridized carbons (Fsp3) is 0.261. The molecule has 0 saturated heterocycles. The molecule has 0 bridgehead atoms. The van der Waals surface area contributed by atoms with Crippen LogP contribution in [0.3, 0.4) is 0 Å². The van der Waals surface area contributed by atoms with Crippen molar-refractivity contribution in [1.82, 2.24) is 18.7 Å². The molecule has 152 valence electrons. The highest BCUT2D eigenvalue weighted by Gasteiger charge is 2.27. The number of aromatic nitrogens is 4. The number of hydrogen-bond acceptors (Lipinski definition) is 3. The Labute approximate surface area is 171 Å². The van der Waals surface area contributed by atoms with Gasteiger partial charge in [-0.1, -0.05) is 30.3 Å². The average molecular weight is 404 g/mol. The monoisotopic (exact) mass is 404 g/mol. The molecule has 1 unspecified atom stereocenters. The summed E-state index contributed by atoms with van der Waals surface area (Å²) in [7, 11) is 0. The summed E-state index contributed by atoms with van der Waals surface area (Å²) in [5.74, 6) is -0.0463. The van der Waals surface area contributed by atoms with E-state index in [0.717, 1.165) is 18.4 Å². The van der Waals surface area contributed by atoms with Crippen molar-refractivity contribution >= 4 is 11.2 Å². The molecular weight excluding hydrogens is 383 g/mol. The summed E-state index contributed by atoms with van der Waals surface area (Å²) in [6.45, 7) is 2.38. The standard InChI is InChI=1S/C23H21FN4O2/c1-15(17-5-3-2-4-6-17)27-14-25-21-20(27)22(29)26(13-16-7-8-16)23(30)28(21)19-11-9-18(24)10-12-19/h2-6,9-12,14-16H,7-8,13H2,1H3. The second kappa shape index (κ2) is 7.09. The number of halogens is 1. The van der Waals surface area contributed by atoms with Crippen LogP contribution in [0.1, 0.15) is 31.4 Å². The van der Waals surface area contributed by atoms with Crippen LogP contribution in [0.5, 0.6) is 0 Å². The van der Waals surface area contributed by atoms with Gasteiger partial charge in [-0.05, 0) is 55.5 Å². The van der Waals surface area contributed by atoms with Crippen molar-refractivity contribution in [2.24, 2.45) is 5.92 Å². The summed E-state index contributed by atoms with van der Waals surface area (Å²) < 4.78 is 18.0. The molecule has 2 aromatic carbocycles. The van der Waals surface area contributed by atoms with Crippen LogP contribution in [0, 0.1) is 11.7 Å². The van der Waals surface area contributed by atoms with E-state index in [1.807, 2.05) is 41.8 Å². The SMILES string of the molecule is CC(c1ccccc1)n1cnc2c1c(=O)n(CC1CC1)c(=O)n2-c1ccc(F)cc1. The fourth-order valence-electron chi connectivity index (χ4n) is 3.88. The molecule has 0 amide bonds. The Kier molecular flexibility index (Phi) is 4.38. The highest BCUT2D eigenvalue weighted by Crippen LogP contribution is 2.30. The summed E-state index contributed by atoms with van der Waals surface area (Å²) in [6.07, 6.45) is 3.63. The molecular formula is C23H21FN4O2. The Morgan fingerprint density at radius 3 is 2.43 bits per heavy atom. The average Bonchev–Trinajstić information content (AvgIpc) is 3.48. The van der Waals surface area contributed by atoms with Crippen LogP contribution < -0.4 is 11.2 Å². The first-order valence-corrected chi connectivity index (χ1v) is 10.1. The minimum atomic E-state index is -0.441. The van der Waals surface area contributed by atoms with Gasteiger partial charge in [0.25, 0.3) is 5.56 Å². The lowest BCUT2D eigenvalue weighted by atomic mass is 10.1. The van der Waals surface area contributed by atoms with E-state index in [0.29, 0.717) is 23.7 Å². The maximum Gasteiger partial charge on any atom is 0.337 e. The maximum atomic E-state index is 13.5. The minimum absolute atomic E-state index is 0.141. The van der Waals surface area contributed by atoms with Gasteiger partial charge in [0.05, 0.1) is 18.1 Å². The highest BCUT2D eigenvalue weighted by molar-refractivity contribution is 5.72. The normalized spacial score (nSPS) is 14.9. The topological polar surface area (TPSA) is 61.8 Å². The lowest BCUT2D eigenvalue weighted by Gasteiger charge is -2.16. The number of hydrogen-bond donors (Lipinski definition) is 0. The number of rotatable bonds is 5. The van der Waals surface area contributed by atoms with Gasteiger partial charge in [0.15, 0.2) is 11.2 Å². The molecule has 1 saturated carbocycles. The summed E-state index contributed by atoms with van der Waals surface area (Å²) in [5.41, 5.74) is 1.39. The van der Waals surface area contributed by atoms with E-state index < -0.39 is 11.5 Å². The van der Waals surface area contributed by atoms with Gasteiger partial charge >= 0.3 is 5.69 Å². The van der Waals surface area contributed by atoms with Crippen molar-refractivity contribution in [2.75, 3.05) is 0 Å². The van der Waals surface area contributed by atoms with Crippen LogP contribution in [0.4, 0.5) is 4.39 Å². The molecule has 0 aliphatic heterocycles. The van der Waals surface area contributed by atoms with Crippen LogP contribution in [0.15, 0.2) is 70.5 Å². The zero-order chi connectivity index (χ0) is 20.8. The molecule has 0 N–H and O–H groups in total. The zero-order valence-electron chi connectivity index (χ0n) is 16.5. The predicted octanol–water partition coefficient (Wildman–Crippen LogP) is 3.51. The van der Waals surface area contributed by atoms with Gasteiger partial charge in [0.2, 0.25) is 0 Å². The van der Waals surface area contributed by atoms with Gasteiger partial charge in [-0.25, -0.2) is 18.7 Å². The van der Waals surface area contributed by atoms with E-state index >= 15 is 0 Å². The first-order chi connectivity index (χ1) is 14.5. The lowest BCUT2D eigenvalue weighted by molar-refractivity contribution is 0.564. The van der Waals surface area contributed by atoms with Crippen LogP contribution in [-0.2, 0) is 6.54 Å². The Balaban J connectivity index is 1.79. The molecule has 0 radical (unpaired) electrons. The molecule has 0 spiro atoms. The number of benzene rings is 2. The summed E-state index contributed by atoms with van der Waals surface area (Å²) in [4.78, 5) is 31.1. The molecule has 2 heterocycles. The van der Waals surface area contributed by atoms with Crippen molar-refractivity contribution in [3.05, 3.63) is 93.1 Å². The minimum Gasteiger partial charge on any atom is -0.317 e. The van der Waals surface area contributed by atoms with Crippen molar-refractivity contribution in [1.29, 1.82) is 0 Å². The Hall–Kier alpha value is -3.48. The third-order valence-corrected chi connectivity index (χ3v) is 5.78. The van der Waals surface area contributed by atoms with Gasteiger partial charge in [0.1, 0.15) is 5.82 Å². The number of fused-ring (bicyclic) bond motifs is 1. The first-order valence-electron chi connectivity index (χ1n) is 10.1. The third kappa shape index (κ3) is 3.07. The Morgan fingerprint density at radius 2 is 1.77 bits per heavy atom. The largest absolute Gasteiger partial charge is 0.337 e. The van der Waals surface area contributed by atoms with Gasteiger partial charge in [-0.15, -0.1) is 0 Å². The molecule has 7 heteroatoms. The van der Waals surface area contributed by atoms with E-state index in [1.165, 1.54) is 33.4 Å². The maximum absolute atomic E-state index is 13.5. The van der Waals surface area contributed by atoms with E-state index in [4.69, 9.17) is 0 Å². The molecule has 1 atom stereocenters. The molecule has 4 aromatic rings. The van der Waals surface area contributed by atoms with E-state index in [1.54, 1.807) is 6.33 Å². The smallest absolute Gasteiger partial charge is 0.317 e. The summed E-state index contributed by atoms with van der Waals surface area (Å²) in [5, 5.41) is 0. The molecule has 1 fully saturated rings. The summed E-state index contributed by atoms with van der Waals surface area (Å²) >= 11 is 0. The molecule has 30 heavy (non-hydrogen) atoms. The molecule has 1 aliphatic carbocycles. The molecule has 6 nitrogen and oxygen atoms in total. The van der Waals surface area contributed by atoms with Crippen molar-refractivity contribution in [2.45, 2.75) is 32.4 Å². The third-order valence-electron chi connectivity index (χ3n) is 5.78. The van der Waals surface area contributed by atoms with E-state index in [-0.39, 0.29) is 17.2 Å². The van der Waals surface area contributed by atoms with E-state index in [9.17, 15) is 14.0 Å². The first kappa shape index (κ1) is 18.5. The van der Waals surface area contributed by atoms with Gasteiger partial charge in [-0.3, -0.25) is 9.36 Å². The van der Waals surface area contributed by atoms with Crippen LogP contribution >= 0.6 is 0 Å². The predicted molar refractivity (Wildman–Crippen MR) is 113 cm³/mol. The van der Waals surface area contributed by atoms with E-state index in [2.05, 4.69) is 4.98 Å². The van der Waals surface area contributed by atoms with Gasteiger partial charge in [0, 0.05) is 6.54 Å². The van der Waals surface area contributed by atoms with Gasteiger partial charge < -0.3 is 4.57 Å². The fourth-order valence-corrected chi connectivity index (χ4v) is 3.88. The Bertz CT molecular complexity index is 1330. The zero-order valence-corrected chi connectivity index (χ0v) is 16.5. The van der Waals surface area contributed by atoms with Crippen LogP contribution in [0.25, 0.3) is 16.9 Å². The van der Waals surface area contributed by atoms with Crippen LogP contribution in [-0.4, -0.2) is 18.7 Å². The second-order valence-electron chi connectivity index (χ2n) is 7.86. The second-order valence-corrected chi connectivity index (χ2v) is 7.86. The van der Waals surface area contributed by atoms with Crippen molar-refractivity contribution in [3.8, 4) is 5.69 Å². The number of imidazole rings is 1.